The summed E-state index contributed by atoms with van der Waals surface area (Å²) in [4.78, 5) is 14.0. The van der Waals surface area contributed by atoms with Gasteiger partial charge in [0.2, 0.25) is 0 Å². The normalized spacial score (nSPS) is 25.6. The molecule has 0 spiro atoms. The first-order valence-electron chi connectivity index (χ1n) is 7.72. The number of amides is 1. The minimum atomic E-state index is -1.05. The summed E-state index contributed by atoms with van der Waals surface area (Å²) in [6.45, 7) is 0. The van der Waals surface area contributed by atoms with Gasteiger partial charge in [0.1, 0.15) is 12.2 Å². The highest BCUT2D eigenvalue weighted by atomic mass is 16.5. The highest BCUT2D eigenvalue weighted by Gasteiger charge is 2.50. The molecule has 0 aliphatic carbocycles. The van der Waals surface area contributed by atoms with Crippen LogP contribution >= 0.6 is 0 Å². The van der Waals surface area contributed by atoms with E-state index in [4.69, 9.17) is 4.74 Å². The van der Waals surface area contributed by atoms with Gasteiger partial charge in [-0.2, -0.15) is 0 Å². The molecule has 120 valence electrons. The first-order chi connectivity index (χ1) is 11.1. The van der Waals surface area contributed by atoms with E-state index in [2.05, 4.69) is 0 Å². The van der Waals surface area contributed by atoms with E-state index in [-0.39, 0.29) is 24.0 Å². The number of nitrogens with zero attached hydrogens (tertiary/aromatic N) is 1. The zero-order chi connectivity index (χ0) is 16.4. The number of carbonyl (C=O) groups excluding carboxylic acids is 1. The predicted molar refractivity (Wildman–Crippen MR) is 87.9 cm³/mol. The van der Waals surface area contributed by atoms with E-state index in [0.717, 1.165) is 11.1 Å². The Morgan fingerprint density at radius 2 is 1.61 bits per heavy atom. The fraction of sp³-hybridized carbons (Fsp3) is 0.316. The maximum atomic E-state index is 12.4. The summed E-state index contributed by atoms with van der Waals surface area (Å²) in [5, 5.41) is 10.5. The van der Waals surface area contributed by atoms with Gasteiger partial charge in [-0.05, 0) is 11.1 Å². The van der Waals surface area contributed by atoms with Gasteiger partial charge in [0.25, 0.3) is 5.91 Å². The lowest BCUT2D eigenvalue weighted by atomic mass is 9.85. The van der Waals surface area contributed by atoms with Gasteiger partial charge in [-0.15, -0.1) is 0 Å². The summed E-state index contributed by atoms with van der Waals surface area (Å²) in [6.07, 6.45) is -1.35. The summed E-state index contributed by atoms with van der Waals surface area (Å²) >= 11 is 0. The fourth-order valence-electron chi connectivity index (χ4n) is 3.50. The molecular formula is C19H21NO3. The van der Waals surface area contributed by atoms with Crippen LogP contribution in [0.1, 0.15) is 23.1 Å². The summed E-state index contributed by atoms with van der Waals surface area (Å²) in [7, 11) is 3.37. The molecule has 23 heavy (non-hydrogen) atoms. The van der Waals surface area contributed by atoms with E-state index in [1.54, 1.807) is 19.1 Å². The van der Waals surface area contributed by atoms with Gasteiger partial charge in [-0.25, -0.2) is 0 Å². The molecule has 1 fully saturated rings. The standard InChI is InChI=1S/C19H21NO3/c1-20-16(18(23-2)14-11-7-4-8-12-14)15(17(21)19(20)22)13-9-5-3-6-10-13/h3-12,15-18,21H,1-2H3/t15-,16+,17-,18+/m0/s1. The lowest BCUT2D eigenvalue weighted by molar-refractivity contribution is -0.135. The van der Waals surface area contributed by atoms with Crippen LogP contribution in [0.25, 0.3) is 0 Å². The zero-order valence-corrected chi connectivity index (χ0v) is 13.3. The van der Waals surface area contributed by atoms with E-state index >= 15 is 0 Å². The van der Waals surface area contributed by atoms with E-state index in [1.807, 2.05) is 60.7 Å². The van der Waals surface area contributed by atoms with Gasteiger partial charge in [-0.1, -0.05) is 60.7 Å². The number of benzene rings is 2. The van der Waals surface area contributed by atoms with E-state index in [9.17, 15) is 9.90 Å². The smallest absolute Gasteiger partial charge is 0.252 e. The van der Waals surface area contributed by atoms with Crippen molar-refractivity contribution in [2.45, 2.75) is 24.2 Å². The Hall–Kier alpha value is -2.17. The molecule has 2 aromatic rings. The van der Waals surface area contributed by atoms with Crippen molar-refractivity contribution in [3.05, 3.63) is 71.8 Å². The number of methoxy groups -OCH3 is 1. The zero-order valence-electron chi connectivity index (χ0n) is 13.3. The third-order valence-electron chi connectivity index (χ3n) is 4.63. The van der Waals surface area contributed by atoms with Crippen molar-refractivity contribution in [3.8, 4) is 0 Å². The average Bonchev–Trinajstić information content (AvgIpc) is 2.82. The number of aliphatic hydroxyl groups is 1. The number of hydrogen-bond acceptors (Lipinski definition) is 3. The third kappa shape index (κ3) is 2.76. The van der Waals surface area contributed by atoms with Crippen LogP contribution < -0.4 is 0 Å². The van der Waals surface area contributed by atoms with Crippen molar-refractivity contribution in [1.29, 1.82) is 0 Å². The van der Waals surface area contributed by atoms with Crippen LogP contribution in [0.5, 0.6) is 0 Å². The Morgan fingerprint density at radius 3 is 2.17 bits per heavy atom. The van der Waals surface area contributed by atoms with Crippen molar-refractivity contribution in [2.75, 3.05) is 14.2 Å². The van der Waals surface area contributed by atoms with Crippen LogP contribution in [-0.4, -0.2) is 42.2 Å². The molecule has 1 aliphatic rings. The lowest BCUT2D eigenvalue weighted by Gasteiger charge is -2.32. The second-order valence-electron chi connectivity index (χ2n) is 5.89. The Balaban J connectivity index is 2.04. The van der Waals surface area contributed by atoms with Crippen molar-refractivity contribution in [2.24, 2.45) is 0 Å². The molecule has 0 bridgehead atoms. The number of aliphatic hydroxyl groups excluding tert-OH is 1. The Kier molecular flexibility index (Phi) is 4.46. The highest BCUT2D eigenvalue weighted by Crippen LogP contribution is 2.41. The van der Waals surface area contributed by atoms with Gasteiger partial charge < -0.3 is 14.7 Å². The molecule has 1 aliphatic heterocycles. The molecule has 0 radical (unpaired) electrons. The number of carbonyl (C=O) groups is 1. The van der Waals surface area contributed by atoms with Crippen LogP contribution in [0, 0.1) is 0 Å². The van der Waals surface area contributed by atoms with E-state index in [1.165, 1.54) is 0 Å². The molecule has 0 unspecified atom stereocenters. The molecule has 0 saturated carbocycles. The fourth-order valence-corrected chi connectivity index (χ4v) is 3.50. The van der Waals surface area contributed by atoms with Crippen molar-refractivity contribution in [3.63, 3.8) is 0 Å². The third-order valence-corrected chi connectivity index (χ3v) is 4.63. The number of rotatable bonds is 4. The Morgan fingerprint density at radius 1 is 1.04 bits per heavy atom. The lowest BCUT2D eigenvalue weighted by Crippen LogP contribution is -2.37. The van der Waals surface area contributed by atoms with Crippen LogP contribution in [0.4, 0.5) is 0 Å². The number of ether oxygens (including phenoxy) is 1. The molecular weight excluding hydrogens is 290 g/mol. The van der Waals surface area contributed by atoms with E-state index < -0.39 is 6.10 Å². The van der Waals surface area contributed by atoms with Gasteiger partial charge in [0, 0.05) is 20.1 Å². The summed E-state index contributed by atoms with van der Waals surface area (Å²) in [6, 6.07) is 19.2. The van der Waals surface area contributed by atoms with Crippen molar-refractivity contribution in [1.82, 2.24) is 4.90 Å². The topological polar surface area (TPSA) is 49.8 Å². The van der Waals surface area contributed by atoms with Crippen LogP contribution in [0.15, 0.2) is 60.7 Å². The molecule has 1 heterocycles. The van der Waals surface area contributed by atoms with Crippen molar-refractivity contribution >= 4 is 5.91 Å². The maximum Gasteiger partial charge on any atom is 0.252 e. The molecule has 0 aromatic heterocycles. The SMILES string of the molecule is CO[C@H](c1ccccc1)[C@H]1[C@H](c2ccccc2)[C@H](O)C(=O)N1C. The molecule has 1 saturated heterocycles. The van der Waals surface area contributed by atoms with E-state index in [0.29, 0.717) is 0 Å². The molecule has 4 heteroatoms. The Bertz CT molecular complexity index is 659. The summed E-state index contributed by atoms with van der Waals surface area (Å²) in [5.41, 5.74) is 1.94. The average molecular weight is 311 g/mol. The van der Waals surface area contributed by atoms with Crippen LogP contribution in [-0.2, 0) is 9.53 Å². The first-order valence-corrected chi connectivity index (χ1v) is 7.72. The van der Waals surface area contributed by atoms with Gasteiger partial charge in [-0.3, -0.25) is 4.79 Å². The number of likely N-dealkylation sites (N-methyl/N-ethyl adjacent to an activating group) is 1. The largest absolute Gasteiger partial charge is 0.383 e. The predicted octanol–water partition coefficient (Wildman–Crippen LogP) is 2.36. The molecule has 2 aromatic carbocycles. The molecule has 1 amide bonds. The number of hydrogen-bond donors (Lipinski definition) is 1. The van der Waals surface area contributed by atoms with Crippen molar-refractivity contribution < 1.29 is 14.6 Å². The maximum absolute atomic E-state index is 12.4. The monoisotopic (exact) mass is 311 g/mol. The van der Waals surface area contributed by atoms with Gasteiger partial charge in [0.15, 0.2) is 0 Å². The van der Waals surface area contributed by atoms with Crippen LogP contribution in [0.2, 0.25) is 0 Å². The molecule has 1 N–H and O–H groups in total. The highest BCUT2D eigenvalue weighted by molar-refractivity contribution is 5.85. The summed E-state index contributed by atoms with van der Waals surface area (Å²) in [5.74, 6) is -0.583. The van der Waals surface area contributed by atoms with Gasteiger partial charge >= 0.3 is 0 Å². The first kappa shape index (κ1) is 15.7. The van der Waals surface area contributed by atoms with Gasteiger partial charge in [0.05, 0.1) is 6.04 Å². The molecule has 4 atom stereocenters. The van der Waals surface area contributed by atoms with Crippen LogP contribution in [0.3, 0.4) is 0 Å². The number of likely N-dealkylation sites (tertiary alicyclic amines) is 1. The Labute approximate surface area is 136 Å². The minimum absolute atomic E-state index is 0.257. The molecule has 3 rings (SSSR count). The second kappa shape index (κ2) is 6.52. The second-order valence-corrected chi connectivity index (χ2v) is 5.89. The summed E-state index contributed by atoms with van der Waals surface area (Å²) < 4.78 is 5.73. The minimum Gasteiger partial charge on any atom is -0.383 e. The molecule has 4 nitrogen and oxygen atoms in total. The quantitative estimate of drug-likeness (QED) is 0.943.